The molecule has 0 saturated carbocycles. The van der Waals surface area contributed by atoms with E-state index in [2.05, 4.69) is 242 Å². The van der Waals surface area contributed by atoms with Crippen molar-refractivity contribution >= 4 is 88.9 Å². The molecule has 0 N–H and O–H groups in total. The van der Waals surface area contributed by atoms with Gasteiger partial charge in [-0.2, -0.15) is 0 Å². The number of imidazole rings is 2. The second-order valence-corrected chi connectivity index (χ2v) is 18.1. The Bertz CT molecular complexity index is 4090. The molecule has 0 saturated heterocycles. The average molecular weight is 938 g/mol. The predicted octanol–water partition coefficient (Wildman–Crippen LogP) is 17.1. The minimum Gasteiger partial charge on any atom is -0.456 e. The summed E-state index contributed by atoms with van der Waals surface area (Å²) in [5.74, 6) is 1.78. The summed E-state index contributed by atoms with van der Waals surface area (Å²) < 4.78 is 11.2. The first-order valence-electron chi connectivity index (χ1n) is 24.4. The maximum absolute atomic E-state index is 6.73. The molecule has 0 amide bonds. The van der Waals surface area contributed by atoms with Gasteiger partial charge in [0, 0.05) is 74.0 Å². The second kappa shape index (κ2) is 17.4. The number of rotatable bonds is 10. The van der Waals surface area contributed by atoms with E-state index < -0.39 is 0 Å². The minimum absolute atomic E-state index is 0.804. The summed E-state index contributed by atoms with van der Waals surface area (Å²) in [6.07, 6.45) is 3.70. The van der Waals surface area contributed by atoms with E-state index in [9.17, 15) is 0 Å². The van der Waals surface area contributed by atoms with E-state index in [0.29, 0.717) is 0 Å². The van der Waals surface area contributed by atoms with Crippen LogP contribution in [-0.2, 0) is 0 Å². The molecule has 0 fully saturated rings. The van der Waals surface area contributed by atoms with Gasteiger partial charge in [0.2, 0.25) is 0 Å². The van der Waals surface area contributed by atoms with Crippen molar-refractivity contribution < 1.29 is 4.42 Å². The third-order valence-electron chi connectivity index (χ3n) is 13.8. The van der Waals surface area contributed by atoms with Crippen molar-refractivity contribution in [2.45, 2.75) is 0 Å². The predicted molar refractivity (Wildman–Crippen MR) is 299 cm³/mol. The second-order valence-electron chi connectivity index (χ2n) is 18.1. The van der Waals surface area contributed by atoms with Crippen molar-refractivity contribution in [2.75, 3.05) is 9.80 Å². The highest BCUT2D eigenvalue weighted by atomic mass is 16.3. The van der Waals surface area contributed by atoms with Gasteiger partial charge in [0.05, 0.1) is 34.0 Å². The number of pyridine rings is 1. The van der Waals surface area contributed by atoms with Crippen LogP contribution in [0.1, 0.15) is 0 Å². The molecule has 344 valence electrons. The van der Waals surface area contributed by atoms with E-state index in [1.54, 1.807) is 6.20 Å². The molecule has 14 rings (SSSR count). The van der Waals surface area contributed by atoms with Crippen LogP contribution in [-0.4, -0.2) is 24.1 Å². The fraction of sp³-hybridized carbons (Fsp3) is 0. The van der Waals surface area contributed by atoms with Crippen LogP contribution in [0.5, 0.6) is 0 Å². The van der Waals surface area contributed by atoms with E-state index in [-0.39, 0.29) is 0 Å². The maximum Gasteiger partial charge on any atom is 0.145 e. The first-order chi connectivity index (χ1) is 36.2. The van der Waals surface area contributed by atoms with Crippen LogP contribution < -0.4 is 9.80 Å². The fourth-order valence-corrected chi connectivity index (χ4v) is 10.5. The van der Waals surface area contributed by atoms with Crippen molar-refractivity contribution in [3.63, 3.8) is 0 Å². The molecule has 8 nitrogen and oxygen atoms in total. The standard InChI is InChI=1S/C65H43N7O/c1-4-15-47(16-5-1)69(50-31-26-44(27-32-50)64-67-57-22-10-12-24-59(57)71(64)48-17-6-2-7-18-48)52-35-37-55-46(41-52)30-39-61-63(55)56-38-36-53(42-62(56)73-61)70(54-21-14-40-66-43-54)51-33-28-45(29-34-51)65-68-58-23-11-13-25-60(58)72(65)49-19-8-3-9-20-49/h1-43H. The van der Waals surface area contributed by atoms with Gasteiger partial charge in [-0.25, -0.2) is 9.97 Å². The Balaban J connectivity index is 0.823. The molecule has 0 aliphatic heterocycles. The zero-order chi connectivity index (χ0) is 48.2. The zero-order valence-corrected chi connectivity index (χ0v) is 39.4. The molecule has 0 bridgehead atoms. The SMILES string of the molecule is c1ccc(N(c2ccc(-c3nc4ccccc4n3-c3ccccc3)cc2)c2ccc3c(ccc4oc5cc(N(c6ccc(-c7nc8ccccc8n7-c7ccccc7)cc6)c6cccnc6)ccc5c43)c2)cc1. The molecule has 0 aliphatic rings. The molecule has 0 spiro atoms. The third kappa shape index (κ3) is 7.27. The van der Waals surface area contributed by atoms with Gasteiger partial charge in [-0.15, -0.1) is 0 Å². The number of fused-ring (bicyclic) bond motifs is 7. The summed E-state index contributed by atoms with van der Waals surface area (Å²) in [6, 6.07) is 86.9. The van der Waals surface area contributed by atoms with E-state index in [0.717, 1.165) is 123 Å². The van der Waals surface area contributed by atoms with E-state index in [1.165, 1.54) is 0 Å². The molecule has 0 radical (unpaired) electrons. The topological polar surface area (TPSA) is 68.2 Å². The number of anilines is 6. The zero-order valence-electron chi connectivity index (χ0n) is 39.4. The molecule has 4 aromatic heterocycles. The molecule has 14 aromatic rings. The number of benzene rings is 10. The van der Waals surface area contributed by atoms with E-state index in [1.807, 2.05) is 36.5 Å². The van der Waals surface area contributed by atoms with Crippen LogP contribution in [0.25, 0.3) is 88.9 Å². The third-order valence-corrected chi connectivity index (χ3v) is 13.8. The van der Waals surface area contributed by atoms with Crippen molar-refractivity contribution in [1.82, 2.24) is 24.1 Å². The van der Waals surface area contributed by atoms with Crippen molar-refractivity contribution in [2.24, 2.45) is 0 Å². The van der Waals surface area contributed by atoms with Gasteiger partial charge in [0.15, 0.2) is 0 Å². The van der Waals surface area contributed by atoms with Gasteiger partial charge in [0.25, 0.3) is 0 Å². The number of furan rings is 1. The molecular formula is C65H43N7O. The highest BCUT2D eigenvalue weighted by Gasteiger charge is 2.21. The molecule has 73 heavy (non-hydrogen) atoms. The van der Waals surface area contributed by atoms with Gasteiger partial charge in [-0.05, 0) is 162 Å². The number of aromatic nitrogens is 5. The first kappa shape index (κ1) is 41.9. The lowest BCUT2D eigenvalue weighted by atomic mass is 10.0. The highest BCUT2D eigenvalue weighted by Crippen LogP contribution is 2.43. The summed E-state index contributed by atoms with van der Waals surface area (Å²) in [6.45, 7) is 0. The first-order valence-corrected chi connectivity index (χ1v) is 24.4. The molecular weight excluding hydrogens is 895 g/mol. The van der Waals surface area contributed by atoms with Gasteiger partial charge >= 0.3 is 0 Å². The van der Waals surface area contributed by atoms with Crippen LogP contribution >= 0.6 is 0 Å². The highest BCUT2D eigenvalue weighted by molar-refractivity contribution is 6.19. The van der Waals surface area contributed by atoms with E-state index >= 15 is 0 Å². The summed E-state index contributed by atoms with van der Waals surface area (Å²) in [4.78, 5) is 19.3. The summed E-state index contributed by atoms with van der Waals surface area (Å²) >= 11 is 0. The van der Waals surface area contributed by atoms with Gasteiger partial charge in [-0.1, -0.05) is 91.0 Å². The number of para-hydroxylation sites is 7. The van der Waals surface area contributed by atoms with Crippen molar-refractivity contribution in [1.29, 1.82) is 0 Å². The van der Waals surface area contributed by atoms with Gasteiger partial charge < -0.3 is 14.2 Å². The molecule has 0 atom stereocenters. The number of hydrogen-bond acceptors (Lipinski definition) is 6. The monoisotopic (exact) mass is 937 g/mol. The maximum atomic E-state index is 6.73. The minimum atomic E-state index is 0.804. The summed E-state index contributed by atoms with van der Waals surface area (Å²) in [5.41, 5.74) is 15.9. The van der Waals surface area contributed by atoms with Crippen molar-refractivity contribution in [3.05, 3.63) is 261 Å². The van der Waals surface area contributed by atoms with Crippen LogP contribution in [0, 0.1) is 0 Å². The molecule has 8 heteroatoms. The smallest absolute Gasteiger partial charge is 0.145 e. The van der Waals surface area contributed by atoms with Crippen molar-refractivity contribution in [3.8, 4) is 34.2 Å². The lowest BCUT2D eigenvalue weighted by molar-refractivity contribution is 0.669. The van der Waals surface area contributed by atoms with Crippen LogP contribution in [0.4, 0.5) is 34.1 Å². The largest absolute Gasteiger partial charge is 0.456 e. The van der Waals surface area contributed by atoms with E-state index in [4.69, 9.17) is 14.4 Å². The van der Waals surface area contributed by atoms with Crippen LogP contribution in [0.3, 0.4) is 0 Å². The Kier molecular flexibility index (Phi) is 9.99. The van der Waals surface area contributed by atoms with Gasteiger partial charge in [0.1, 0.15) is 22.8 Å². The quantitative estimate of drug-likeness (QED) is 0.136. The molecule has 0 unspecified atom stereocenters. The lowest BCUT2D eigenvalue weighted by Gasteiger charge is -2.26. The van der Waals surface area contributed by atoms with Crippen LogP contribution in [0.15, 0.2) is 266 Å². The lowest BCUT2D eigenvalue weighted by Crippen LogP contribution is -2.10. The van der Waals surface area contributed by atoms with Crippen LogP contribution in [0.2, 0.25) is 0 Å². The average Bonchev–Trinajstić information content (AvgIpc) is 4.17. The Morgan fingerprint density at radius 2 is 0.836 bits per heavy atom. The summed E-state index contributed by atoms with van der Waals surface area (Å²) in [5, 5.41) is 4.37. The number of hydrogen-bond donors (Lipinski definition) is 0. The fourth-order valence-electron chi connectivity index (χ4n) is 10.5. The molecule has 10 aromatic carbocycles. The Morgan fingerprint density at radius 3 is 1.41 bits per heavy atom. The summed E-state index contributed by atoms with van der Waals surface area (Å²) in [7, 11) is 0. The molecule has 4 heterocycles. The normalized spacial score (nSPS) is 11.6. The molecule has 0 aliphatic carbocycles. The Hall–Kier alpha value is -10.1. The Labute approximate surface area is 420 Å². The van der Waals surface area contributed by atoms with Gasteiger partial charge in [-0.3, -0.25) is 14.1 Å². The Morgan fingerprint density at radius 1 is 0.356 bits per heavy atom. The number of nitrogens with zero attached hydrogens (tertiary/aromatic N) is 7.